The second-order valence-electron chi connectivity index (χ2n) is 6.10. The van der Waals surface area contributed by atoms with E-state index < -0.39 is 6.03 Å². The summed E-state index contributed by atoms with van der Waals surface area (Å²) >= 11 is 0. The number of benzene rings is 1. The molecule has 1 heterocycles. The van der Waals surface area contributed by atoms with E-state index in [0.717, 1.165) is 37.7 Å². The Balaban J connectivity index is 1.62. The lowest BCUT2D eigenvalue weighted by atomic mass is 9.83. The van der Waals surface area contributed by atoms with Crippen molar-refractivity contribution in [3.05, 3.63) is 35.4 Å². The molecule has 22 heavy (non-hydrogen) atoms. The number of ether oxygens (including phenoxy) is 1. The summed E-state index contributed by atoms with van der Waals surface area (Å²) in [4.78, 5) is 25.4. The Kier molecular flexibility index (Phi) is 4.32. The van der Waals surface area contributed by atoms with Crippen molar-refractivity contribution in [2.45, 2.75) is 44.1 Å². The highest BCUT2D eigenvalue weighted by Gasteiger charge is 2.31. The molecular formula is C17H22N2O3. The van der Waals surface area contributed by atoms with Gasteiger partial charge in [0.15, 0.2) is 0 Å². The van der Waals surface area contributed by atoms with Crippen molar-refractivity contribution in [2.75, 3.05) is 13.2 Å². The van der Waals surface area contributed by atoms with E-state index in [2.05, 4.69) is 6.07 Å². The highest BCUT2D eigenvalue weighted by Crippen LogP contribution is 2.32. The van der Waals surface area contributed by atoms with Crippen molar-refractivity contribution in [3.63, 3.8) is 0 Å². The molecule has 0 radical (unpaired) electrons. The van der Waals surface area contributed by atoms with Crippen LogP contribution >= 0.6 is 0 Å². The summed E-state index contributed by atoms with van der Waals surface area (Å²) in [5.74, 6) is -0.350. The van der Waals surface area contributed by atoms with Crippen LogP contribution in [0.3, 0.4) is 0 Å². The van der Waals surface area contributed by atoms with Crippen LogP contribution < -0.4 is 5.73 Å². The minimum Gasteiger partial charge on any atom is -0.463 e. The van der Waals surface area contributed by atoms with Crippen molar-refractivity contribution in [3.8, 4) is 0 Å². The standard InChI is InChI=1S/C17H22N2O3/c18-17(21)19-10-4-7-13(19)11-22-16(20)15-9-3-6-12-5-1-2-8-14(12)15/h1-2,5,8,13,15H,3-4,6-7,9-11H2,(H2,18,21)/t13-,15+/m1/s1. The molecule has 1 aliphatic carbocycles. The van der Waals surface area contributed by atoms with E-state index in [1.165, 1.54) is 5.56 Å². The van der Waals surface area contributed by atoms with Gasteiger partial charge in [-0.15, -0.1) is 0 Å². The molecule has 0 spiro atoms. The Bertz CT molecular complexity index is 573. The van der Waals surface area contributed by atoms with Gasteiger partial charge >= 0.3 is 12.0 Å². The summed E-state index contributed by atoms with van der Waals surface area (Å²) in [5.41, 5.74) is 7.69. The van der Waals surface area contributed by atoms with Crippen LogP contribution in [0.4, 0.5) is 4.79 Å². The first-order valence-electron chi connectivity index (χ1n) is 7.97. The van der Waals surface area contributed by atoms with Crippen LogP contribution in [-0.2, 0) is 16.0 Å². The lowest BCUT2D eigenvalue weighted by Gasteiger charge is -2.26. The van der Waals surface area contributed by atoms with Crippen LogP contribution in [0.25, 0.3) is 0 Å². The maximum absolute atomic E-state index is 12.4. The Morgan fingerprint density at radius 2 is 2.05 bits per heavy atom. The fraction of sp³-hybridized carbons (Fsp3) is 0.529. The number of amides is 2. The molecule has 118 valence electrons. The number of primary amides is 1. The summed E-state index contributed by atoms with van der Waals surface area (Å²) in [6.07, 6.45) is 4.63. The number of hydrogen-bond acceptors (Lipinski definition) is 3. The van der Waals surface area contributed by atoms with Gasteiger partial charge in [-0.1, -0.05) is 24.3 Å². The van der Waals surface area contributed by atoms with Crippen LogP contribution in [0.1, 0.15) is 42.7 Å². The van der Waals surface area contributed by atoms with Crippen LogP contribution in [-0.4, -0.2) is 36.1 Å². The molecule has 0 bridgehead atoms. The predicted octanol–water partition coefficient (Wildman–Crippen LogP) is 2.19. The van der Waals surface area contributed by atoms with E-state index in [1.807, 2.05) is 18.2 Å². The number of nitrogens with zero attached hydrogens (tertiary/aromatic N) is 1. The molecule has 2 amide bonds. The van der Waals surface area contributed by atoms with E-state index in [0.29, 0.717) is 6.54 Å². The van der Waals surface area contributed by atoms with Gasteiger partial charge in [0.25, 0.3) is 0 Å². The van der Waals surface area contributed by atoms with Crippen molar-refractivity contribution < 1.29 is 14.3 Å². The van der Waals surface area contributed by atoms with E-state index in [9.17, 15) is 9.59 Å². The van der Waals surface area contributed by atoms with E-state index in [4.69, 9.17) is 10.5 Å². The van der Waals surface area contributed by atoms with Gasteiger partial charge in [0.1, 0.15) is 6.61 Å². The van der Waals surface area contributed by atoms with Gasteiger partial charge in [-0.2, -0.15) is 0 Å². The molecule has 1 aliphatic heterocycles. The molecule has 3 rings (SSSR count). The molecule has 0 saturated carbocycles. The number of urea groups is 1. The third-order valence-electron chi connectivity index (χ3n) is 4.73. The topological polar surface area (TPSA) is 72.6 Å². The second kappa shape index (κ2) is 6.38. The molecule has 2 aliphatic rings. The number of fused-ring (bicyclic) bond motifs is 1. The van der Waals surface area contributed by atoms with Gasteiger partial charge in [0.2, 0.25) is 0 Å². The van der Waals surface area contributed by atoms with E-state index >= 15 is 0 Å². The number of hydrogen-bond donors (Lipinski definition) is 1. The zero-order valence-corrected chi connectivity index (χ0v) is 12.7. The van der Waals surface area contributed by atoms with Gasteiger partial charge in [-0.05, 0) is 43.2 Å². The Hall–Kier alpha value is -2.04. The minimum absolute atomic E-state index is 0.0692. The van der Waals surface area contributed by atoms with E-state index in [-0.39, 0.29) is 24.5 Å². The molecule has 5 nitrogen and oxygen atoms in total. The normalized spacial score (nSPS) is 23.9. The maximum atomic E-state index is 12.4. The number of rotatable bonds is 3. The number of carbonyl (C=O) groups excluding carboxylic acids is 2. The van der Waals surface area contributed by atoms with Gasteiger partial charge in [0, 0.05) is 6.54 Å². The molecular weight excluding hydrogens is 280 g/mol. The van der Waals surface area contributed by atoms with Gasteiger partial charge in [-0.3, -0.25) is 4.79 Å². The van der Waals surface area contributed by atoms with Crippen LogP contribution in [0.5, 0.6) is 0 Å². The van der Waals surface area contributed by atoms with Crippen LogP contribution in [0.2, 0.25) is 0 Å². The number of nitrogens with two attached hydrogens (primary N) is 1. The van der Waals surface area contributed by atoms with Crippen molar-refractivity contribution >= 4 is 12.0 Å². The maximum Gasteiger partial charge on any atom is 0.315 e. The molecule has 1 aromatic rings. The monoisotopic (exact) mass is 302 g/mol. The first-order chi connectivity index (χ1) is 10.7. The average molecular weight is 302 g/mol. The summed E-state index contributed by atoms with van der Waals surface area (Å²) < 4.78 is 5.51. The van der Waals surface area contributed by atoms with Crippen molar-refractivity contribution in [2.24, 2.45) is 5.73 Å². The third-order valence-corrected chi connectivity index (χ3v) is 4.73. The van der Waals surface area contributed by atoms with Crippen molar-refractivity contribution in [1.82, 2.24) is 4.90 Å². The minimum atomic E-state index is -0.429. The lowest BCUT2D eigenvalue weighted by molar-refractivity contribution is -0.147. The number of aryl methyl sites for hydroxylation is 1. The Labute approximate surface area is 130 Å². The first kappa shape index (κ1) is 14.9. The number of esters is 1. The molecule has 2 atom stereocenters. The molecule has 1 saturated heterocycles. The summed E-state index contributed by atoms with van der Waals surface area (Å²) in [5, 5.41) is 0. The van der Waals surface area contributed by atoms with E-state index in [1.54, 1.807) is 4.90 Å². The van der Waals surface area contributed by atoms with Crippen molar-refractivity contribution in [1.29, 1.82) is 0 Å². The first-order valence-corrected chi connectivity index (χ1v) is 7.97. The highest BCUT2D eigenvalue weighted by atomic mass is 16.5. The summed E-state index contributed by atoms with van der Waals surface area (Å²) in [7, 11) is 0. The Morgan fingerprint density at radius 1 is 1.23 bits per heavy atom. The predicted molar refractivity (Wildman–Crippen MR) is 82.4 cm³/mol. The second-order valence-corrected chi connectivity index (χ2v) is 6.10. The zero-order valence-electron chi connectivity index (χ0n) is 12.7. The van der Waals surface area contributed by atoms with Gasteiger partial charge in [-0.25, -0.2) is 4.79 Å². The number of likely N-dealkylation sites (tertiary alicyclic amines) is 1. The number of carbonyl (C=O) groups is 2. The molecule has 1 aromatic carbocycles. The Morgan fingerprint density at radius 3 is 2.86 bits per heavy atom. The van der Waals surface area contributed by atoms with Gasteiger partial charge < -0.3 is 15.4 Å². The SMILES string of the molecule is NC(=O)N1CCC[C@@H]1COC(=O)[C@H]1CCCc2ccccc21. The van der Waals surface area contributed by atoms with Crippen LogP contribution in [0.15, 0.2) is 24.3 Å². The summed E-state index contributed by atoms with van der Waals surface area (Å²) in [6.45, 7) is 0.907. The molecule has 0 unspecified atom stereocenters. The fourth-order valence-corrected chi connectivity index (χ4v) is 3.58. The molecule has 1 fully saturated rings. The zero-order chi connectivity index (χ0) is 15.5. The lowest BCUT2D eigenvalue weighted by Crippen LogP contribution is -2.42. The quantitative estimate of drug-likeness (QED) is 0.870. The largest absolute Gasteiger partial charge is 0.463 e. The van der Waals surface area contributed by atoms with Crippen LogP contribution in [0, 0.1) is 0 Å². The molecule has 2 N–H and O–H groups in total. The third kappa shape index (κ3) is 2.93. The molecule has 5 heteroatoms. The smallest absolute Gasteiger partial charge is 0.315 e. The fourth-order valence-electron chi connectivity index (χ4n) is 3.58. The van der Waals surface area contributed by atoms with Gasteiger partial charge in [0.05, 0.1) is 12.0 Å². The summed E-state index contributed by atoms with van der Waals surface area (Å²) in [6, 6.07) is 7.58. The average Bonchev–Trinajstić information content (AvgIpc) is 3.01. The highest BCUT2D eigenvalue weighted by molar-refractivity contribution is 5.79. The molecule has 0 aromatic heterocycles.